The monoisotopic (exact) mass is 442 g/mol. The van der Waals surface area contributed by atoms with Crippen LogP contribution in [0.25, 0.3) is 21.9 Å². The normalized spacial score (nSPS) is 23.2. The number of aromatic nitrogens is 5. The van der Waals surface area contributed by atoms with Crippen molar-refractivity contribution >= 4 is 56.5 Å². The summed E-state index contributed by atoms with van der Waals surface area (Å²) in [4.78, 5) is 15.4. The molecule has 30 heavy (non-hydrogen) atoms. The lowest BCUT2D eigenvalue weighted by atomic mass is 10.0. The fourth-order valence-electron chi connectivity index (χ4n) is 4.81. The maximum atomic E-state index is 14.4. The van der Waals surface area contributed by atoms with Crippen LogP contribution in [0.2, 0.25) is 0 Å². The number of halogens is 1. The minimum absolute atomic E-state index is 0.245. The van der Waals surface area contributed by atoms with Crippen molar-refractivity contribution in [3.05, 3.63) is 23.5 Å². The first-order chi connectivity index (χ1) is 14.6. The summed E-state index contributed by atoms with van der Waals surface area (Å²) in [6.45, 7) is 0.863. The van der Waals surface area contributed by atoms with Gasteiger partial charge >= 0.3 is 0 Å². The summed E-state index contributed by atoms with van der Waals surface area (Å²) in [5, 5.41) is 13.3. The van der Waals surface area contributed by atoms with Gasteiger partial charge in [-0.3, -0.25) is 0 Å². The number of hydrogen-bond acceptors (Lipinski definition) is 9. The molecule has 2 bridgehead atoms. The van der Waals surface area contributed by atoms with Gasteiger partial charge in [-0.1, -0.05) is 11.3 Å². The summed E-state index contributed by atoms with van der Waals surface area (Å²) in [7, 11) is 1.78. The molecule has 2 aliphatic rings. The van der Waals surface area contributed by atoms with Crippen LogP contribution in [0.1, 0.15) is 12.8 Å². The number of benzene rings is 1. The highest BCUT2D eigenvalue weighted by atomic mass is 32.2. The Morgan fingerprint density at radius 2 is 2.23 bits per heavy atom. The van der Waals surface area contributed by atoms with Gasteiger partial charge in [0.05, 0.1) is 16.6 Å². The zero-order valence-electron chi connectivity index (χ0n) is 16.1. The summed E-state index contributed by atoms with van der Waals surface area (Å²) in [5.41, 5.74) is 10.2. The van der Waals surface area contributed by atoms with Crippen LogP contribution in [-0.2, 0) is 0 Å². The molecule has 0 radical (unpaired) electrons. The van der Waals surface area contributed by atoms with E-state index in [2.05, 4.69) is 25.4 Å². The van der Waals surface area contributed by atoms with Crippen molar-refractivity contribution in [3.8, 4) is 0 Å². The highest BCUT2D eigenvalue weighted by molar-refractivity contribution is 8.00. The van der Waals surface area contributed by atoms with Crippen molar-refractivity contribution in [3.63, 3.8) is 0 Å². The molecular formula is C19H19FN8S2. The lowest BCUT2D eigenvalue weighted by molar-refractivity contribution is 0.471. The molecule has 1 aromatic carbocycles. The van der Waals surface area contributed by atoms with Gasteiger partial charge in [0.2, 0.25) is 0 Å². The number of anilines is 2. The van der Waals surface area contributed by atoms with Crippen LogP contribution in [0.5, 0.6) is 0 Å². The lowest BCUT2D eigenvalue weighted by Crippen LogP contribution is -2.41. The van der Waals surface area contributed by atoms with E-state index in [0.717, 1.165) is 45.8 Å². The molecule has 4 aromatic rings. The van der Waals surface area contributed by atoms with Gasteiger partial charge in [-0.05, 0) is 42.7 Å². The standard InChI is InChI=1S/C19H19FN8S2/c1-22-13-4-9(20)3-11-14-16(24-15(11)13)25-18(30-19-27-23-7-29-19)26-17(14)28-6-8-2-10(28)5-12(8)21/h3-4,7-8,10,12,22H,2,5-6,21H2,1H3,(H,24,25,26)/t8-,10-,12-/m1/s1. The van der Waals surface area contributed by atoms with E-state index >= 15 is 0 Å². The second kappa shape index (κ2) is 6.76. The SMILES string of the molecule is CNc1cc(F)cc2c1[nH]c1nc(Sc3nncs3)nc(N3C[C@H]4C[C@@H]3C[C@H]4N)c12. The summed E-state index contributed by atoms with van der Waals surface area (Å²) in [6.07, 6.45) is 2.03. The van der Waals surface area contributed by atoms with Gasteiger partial charge in [-0.15, -0.1) is 10.2 Å². The van der Waals surface area contributed by atoms with E-state index in [1.807, 2.05) is 0 Å². The van der Waals surface area contributed by atoms with Crippen LogP contribution in [0.4, 0.5) is 15.9 Å². The van der Waals surface area contributed by atoms with Gasteiger partial charge in [-0.2, -0.15) is 0 Å². The van der Waals surface area contributed by atoms with Crippen molar-refractivity contribution in [2.75, 3.05) is 23.8 Å². The maximum absolute atomic E-state index is 14.4. The summed E-state index contributed by atoms with van der Waals surface area (Å²) < 4.78 is 15.2. The van der Waals surface area contributed by atoms with Gasteiger partial charge in [0.1, 0.15) is 22.8 Å². The first kappa shape index (κ1) is 18.3. The predicted molar refractivity (Wildman–Crippen MR) is 117 cm³/mol. The van der Waals surface area contributed by atoms with Gasteiger partial charge in [0.25, 0.3) is 0 Å². The number of nitrogens with two attached hydrogens (primary N) is 1. The van der Waals surface area contributed by atoms with Crippen LogP contribution in [-0.4, -0.2) is 50.8 Å². The van der Waals surface area contributed by atoms with E-state index in [0.29, 0.717) is 28.5 Å². The van der Waals surface area contributed by atoms with E-state index in [1.165, 1.54) is 29.2 Å². The second-order valence-electron chi connectivity index (χ2n) is 7.81. The molecule has 1 saturated carbocycles. The molecule has 0 amide bonds. The van der Waals surface area contributed by atoms with E-state index in [9.17, 15) is 4.39 Å². The van der Waals surface area contributed by atoms with Crippen molar-refractivity contribution in [1.82, 2.24) is 25.1 Å². The van der Waals surface area contributed by atoms with Crippen LogP contribution in [0, 0.1) is 11.7 Å². The Labute approximate surface area is 179 Å². The molecule has 0 spiro atoms. The van der Waals surface area contributed by atoms with Crippen LogP contribution >= 0.6 is 23.1 Å². The quantitative estimate of drug-likeness (QED) is 0.414. The molecule has 11 heteroatoms. The Kier molecular flexibility index (Phi) is 4.12. The third kappa shape index (κ3) is 2.76. The van der Waals surface area contributed by atoms with Crippen LogP contribution in [0.15, 0.2) is 27.1 Å². The maximum Gasteiger partial charge on any atom is 0.198 e. The molecule has 2 fully saturated rings. The largest absolute Gasteiger partial charge is 0.386 e. The zero-order chi connectivity index (χ0) is 20.4. The molecule has 3 atom stereocenters. The first-order valence-corrected chi connectivity index (χ1v) is 11.5. The van der Waals surface area contributed by atoms with Crippen LogP contribution in [0.3, 0.4) is 0 Å². The number of hydrogen-bond donors (Lipinski definition) is 3. The zero-order valence-corrected chi connectivity index (χ0v) is 17.7. The Hall–Kier alpha value is -2.50. The molecule has 8 nitrogen and oxygen atoms in total. The van der Waals surface area contributed by atoms with Crippen LogP contribution < -0.4 is 16.0 Å². The number of aromatic amines is 1. The van der Waals surface area contributed by atoms with E-state index in [-0.39, 0.29) is 11.9 Å². The molecule has 1 aliphatic carbocycles. The summed E-state index contributed by atoms with van der Waals surface area (Å²) in [6, 6.07) is 3.64. The minimum Gasteiger partial charge on any atom is -0.386 e. The number of piperidine rings is 1. The average molecular weight is 443 g/mol. The molecular weight excluding hydrogens is 423 g/mol. The van der Waals surface area contributed by atoms with Gasteiger partial charge in [0.15, 0.2) is 9.50 Å². The Bertz CT molecular complexity index is 1250. The topological polar surface area (TPSA) is 109 Å². The Balaban J connectivity index is 1.58. The smallest absolute Gasteiger partial charge is 0.198 e. The first-order valence-electron chi connectivity index (χ1n) is 9.77. The fourth-order valence-corrected chi connectivity index (χ4v) is 6.15. The summed E-state index contributed by atoms with van der Waals surface area (Å²) >= 11 is 2.83. The molecule has 4 heterocycles. The third-order valence-corrected chi connectivity index (χ3v) is 7.78. The molecule has 1 aliphatic heterocycles. The second-order valence-corrected chi connectivity index (χ2v) is 9.86. The van der Waals surface area contributed by atoms with Crippen molar-refractivity contribution < 1.29 is 4.39 Å². The lowest BCUT2D eigenvalue weighted by Gasteiger charge is -2.31. The molecule has 6 rings (SSSR count). The van der Waals surface area contributed by atoms with Crippen molar-refractivity contribution in [2.24, 2.45) is 11.7 Å². The summed E-state index contributed by atoms with van der Waals surface area (Å²) in [5.74, 6) is 1.01. The highest BCUT2D eigenvalue weighted by Crippen LogP contribution is 2.44. The van der Waals surface area contributed by atoms with Gasteiger partial charge in [-0.25, -0.2) is 14.4 Å². The van der Waals surface area contributed by atoms with E-state index in [4.69, 9.17) is 15.7 Å². The number of H-pyrrole nitrogens is 1. The molecule has 154 valence electrons. The number of rotatable bonds is 4. The Morgan fingerprint density at radius 3 is 2.93 bits per heavy atom. The number of nitrogens with zero attached hydrogens (tertiary/aromatic N) is 5. The fraction of sp³-hybridized carbons (Fsp3) is 0.368. The van der Waals surface area contributed by atoms with Crippen molar-refractivity contribution in [1.29, 1.82) is 0 Å². The highest BCUT2D eigenvalue weighted by Gasteiger charge is 2.44. The molecule has 3 aromatic heterocycles. The van der Waals surface area contributed by atoms with E-state index in [1.54, 1.807) is 18.6 Å². The van der Waals surface area contributed by atoms with E-state index < -0.39 is 0 Å². The molecule has 0 unspecified atom stereocenters. The van der Waals surface area contributed by atoms with Gasteiger partial charge in [0, 0.05) is 31.1 Å². The van der Waals surface area contributed by atoms with Gasteiger partial charge < -0.3 is 20.9 Å². The predicted octanol–water partition coefficient (Wildman–Crippen LogP) is 3.22. The Morgan fingerprint density at radius 1 is 1.33 bits per heavy atom. The number of nitrogens with one attached hydrogen (secondary N) is 2. The average Bonchev–Trinajstić information content (AvgIpc) is 3.50. The molecule has 1 saturated heterocycles. The van der Waals surface area contributed by atoms with Crippen molar-refractivity contribution in [2.45, 2.75) is 34.4 Å². The minimum atomic E-state index is -0.295. The third-order valence-electron chi connectivity index (χ3n) is 6.14. The number of fused-ring (bicyclic) bond motifs is 5. The molecule has 4 N–H and O–H groups in total.